The van der Waals surface area contributed by atoms with Crippen molar-refractivity contribution in [3.05, 3.63) is 35.4 Å². The summed E-state index contributed by atoms with van der Waals surface area (Å²) in [5.74, 6) is -0.911. The van der Waals surface area contributed by atoms with E-state index in [1.165, 1.54) is 0 Å². The number of aromatic carboxylic acids is 1. The van der Waals surface area contributed by atoms with Crippen LogP contribution in [0, 0.1) is 11.8 Å². The fourth-order valence-electron chi connectivity index (χ4n) is 2.59. The first-order valence-electron chi connectivity index (χ1n) is 6.43. The number of aliphatic hydroxyl groups excluding tert-OH is 2. The minimum absolute atomic E-state index is 0.00179. The second-order valence-corrected chi connectivity index (χ2v) is 5.04. The molecule has 5 nitrogen and oxygen atoms in total. The van der Waals surface area contributed by atoms with E-state index in [1.54, 1.807) is 24.3 Å². The first-order chi connectivity index (χ1) is 9.11. The summed E-state index contributed by atoms with van der Waals surface area (Å²) >= 11 is 0. The van der Waals surface area contributed by atoms with Crippen molar-refractivity contribution in [1.82, 2.24) is 5.32 Å². The van der Waals surface area contributed by atoms with Gasteiger partial charge in [0, 0.05) is 25.6 Å². The van der Waals surface area contributed by atoms with Crippen molar-refractivity contribution >= 4 is 5.97 Å². The van der Waals surface area contributed by atoms with Gasteiger partial charge < -0.3 is 20.6 Å². The molecular formula is C14H19NO4. The smallest absolute Gasteiger partial charge is 0.335 e. The summed E-state index contributed by atoms with van der Waals surface area (Å²) < 4.78 is 0. The number of nitrogens with one attached hydrogen (secondary N) is 1. The molecule has 0 spiro atoms. The monoisotopic (exact) mass is 265 g/mol. The molecule has 2 rings (SSSR count). The van der Waals surface area contributed by atoms with Crippen molar-refractivity contribution in [1.29, 1.82) is 0 Å². The van der Waals surface area contributed by atoms with Crippen LogP contribution in [-0.2, 0) is 6.42 Å². The zero-order chi connectivity index (χ0) is 13.8. The molecule has 1 heterocycles. The van der Waals surface area contributed by atoms with Crippen molar-refractivity contribution < 1.29 is 20.1 Å². The number of benzene rings is 1. The first kappa shape index (κ1) is 14.0. The number of rotatable bonds is 4. The second-order valence-electron chi connectivity index (χ2n) is 5.04. The number of β-amino-alcohol motifs (C(OH)–C–C–N with tert-alkyl or cyclic N) is 1. The van der Waals surface area contributed by atoms with E-state index in [-0.39, 0.29) is 24.0 Å². The van der Waals surface area contributed by atoms with Crippen molar-refractivity contribution in [2.75, 3.05) is 19.7 Å². The van der Waals surface area contributed by atoms with Crippen molar-refractivity contribution in [2.45, 2.75) is 12.5 Å². The van der Waals surface area contributed by atoms with Crippen LogP contribution in [0.4, 0.5) is 0 Å². The van der Waals surface area contributed by atoms with Crippen molar-refractivity contribution in [3.63, 3.8) is 0 Å². The van der Waals surface area contributed by atoms with Gasteiger partial charge in [0.2, 0.25) is 0 Å². The molecule has 104 valence electrons. The van der Waals surface area contributed by atoms with Crippen LogP contribution < -0.4 is 5.32 Å². The van der Waals surface area contributed by atoms with Gasteiger partial charge in [0.15, 0.2) is 0 Å². The summed E-state index contributed by atoms with van der Waals surface area (Å²) in [6.07, 6.45) is 0.165. The summed E-state index contributed by atoms with van der Waals surface area (Å²) in [4.78, 5) is 10.8. The SMILES string of the molecule is O=C(O)c1ccc(CC2C(O)CNCC2CO)cc1. The van der Waals surface area contributed by atoms with E-state index in [1.807, 2.05) is 0 Å². The van der Waals surface area contributed by atoms with Crippen LogP contribution in [-0.4, -0.2) is 47.1 Å². The third kappa shape index (κ3) is 3.32. The van der Waals surface area contributed by atoms with E-state index in [9.17, 15) is 15.0 Å². The molecule has 0 aromatic heterocycles. The maximum absolute atomic E-state index is 10.8. The van der Waals surface area contributed by atoms with Gasteiger partial charge in [0.25, 0.3) is 0 Å². The first-order valence-corrected chi connectivity index (χ1v) is 6.43. The van der Waals surface area contributed by atoms with Crippen LogP contribution in [0.1, 0.15) is 15.9 Å². The Morgan fingerprint density at radius 3 is 2.53 bits per heavy atom. The zero-order valence-electron chi connectivity index (χ0n) is 10.6. The largest absolute Gasteiger partial charge is 0.478 e. The fraction of sp³-hybridized carbons (Fsp3) is 0.500. The minimum Gasteiger partial charge on any atom is -0.478 e. The van der Waals surface area contributed by atoms with Crippen LogP contribution in [0.3, 0.4) is 0 Å². The van der Waals surface area contributed by atoms with Gasteiger partial charge in [-0.15, -0.1) is 0 Å². The molecule has 0 aliphatic carbocycles. The number of carbonyl (C=O) groups is 1. The van der Waals surface area contributed by atoms with Gasteiger partial charge in [-0.05, 0) is 30.0 Å². The lowest BCUT2D eigenvalue weighted by Crippen LogP contribution is -2.48. The third-order valence-electron chi connectivity index (χ3n) is 3.77. The number of hydrogen-bond donors (Lipinski definition) is 4. The van der Waals surface area contributed by atoms with Crippen LogP contribution in [0.15, 0.2) is 24.3 Å². The molecule has 4 N–H and O–H groups in total. The van der Waals surface area contributed by atoms with Crippen LogP contribution in [0.25, 0.3) is 0 Å². The lowest BCUT2D eigenvalue weighted by atomic mass is 9.80. The van der Waals surface area contributed by atoms with Gasteiger partial charge in [-0.25, -0.2) is 4.79 Å². The number of piperidine rings is 1. The average Bonchev–Trinajstić information content (AvgIpc) is 2.41. The Morgan fingerprint density at radius 2 is 1.95 bits per heavy atom. The Morgan fingerprint density at radius 1 is 1.26 bits per heavy atom. The molecule has 0 saturated carbocycles. The quantitative estimate of drug-likeness (QED) is 0.621. The minimum atomic E-state index is -0.943. The fourth-order valence-corrected chi connectivity index (χ4v) is 2.59. The molecule has 1 fully saturated rings. The lowest BCUT2D eigenvalue weighted by Gasteiger charge is -2.35. The van der Waals surface area contributed by atoms with Crippen LogP contribution in [0.5, 0.6) is 0 Å². The Labute approximate surface area is 111 Å². The molecule has 1 aliphatic heterocycles. The zero-order valence-corrected chi connectivity index (χ0v) is 10.6. The number of hydrogen-bond acceptors (Lipinski definition) is 4. The standard InChI is InChI=1S/C14H19NO4/c16-8-11-6-15-7-13(17)12(11)5-9-1-3-10(4-2-9)14(18)19/h1-4,11-13,15-17H,5-8H2,(H,18,19). The molecule has 1 aliphatic rings. The van der Waals surface area contributed by atoms with E-state index >= 15 is 0 Å². The molecule has 5 heteroatoms. The topological polar surface area (TPSA) is 89.8 Å². The van der Waals surface area contributed by atoms with E-state index in [0.717, 1.165) is 5.56 Å². The predicted octanol–water partition coefficient (Wildman–Crippen LogP) is 0.116. The molecule has 0 amide bonds. The van der Waals surface area contributed by atoms with Gasteiger partial charge in [-0.1, -0.05) is 12.1 Å². The second kappa shape index (κ2) is 6.14. The Balaban J connectivity index is 2.07. The Bertz CT molecular complexity index is 432. The summed E-state index contributed by atoms with van der Waals surface area (Å²) in [5, 5.41) is 31.3. The molecule has 3 atom stereocenters. The normalized spacial score (nSPS) is 27.2. The number of carboxylic acid groups (broad SMARTS) is 1. The molecule has 1 saturated heterocycles. The molecule has 0 radical (unpaired) electrons. The van der Waals surface area contributed by atoms with Gasteiger partial charge >= 0.3 is 5.97 Å². The summed E-state index contributed by atoms with van der Waals surface area (Å²) in [5.41, 5.74) is 1.24. The number of aliphatic hydroxyl groups is 2. The van der Waals surface area contributed by atoms with Gasteiger partial charge in [-0.2, -0.15) is 0 Å². The molecule has 0 bridgehead atoms. The molecule has 19 heavy (non-hydrogen) atoms. The average molecular weight is 265 g/mol. The highest BCUT2D eigenvalue weighted by molar-refractivity contribution is 5.87. The Hall–Kier alpha value is -1.43. The molecule has 1 aromatic carbocycles. The molecule has 1 aromatic rings. The lowest BCUT2D eigenvalue weighted by molar-refractivity contribution is 0.0229. The molecule has 3 unspecified atom stereocenters. The van der Waals surface area contributed by atoms with Gasteiger partial charge in [-0.3, -0.25) is 0 Å². The highest BCUT2D eigenvalue weighted by Crippen LogP contribution is 2.24. The summed E-state index contributed by atoms with van der Waals surface area (Å²) in [6, 6.07) is 6.68. The van der Waals surface area contributed by atoms with E-state index < -0.39 is 12.1 Å². The highest BCUT2D eigenvalue weighted by Gasteiger charge is 2.31. The third-order valence-corrected chi connectivity index (χ3v) is 3.77. The maximum atomic E-state index is 10.8. The van der Waals surface area contributed by atoms with E-state index in [4.69, 9.17) is 5.11 Å². The van der Waals surface area contributed by atoms with Crippen molar-refractivity contribution in [2.24, 2.45) is 11.8 Å². The highest BCUT2D eigenvalue weighted by atomic mass is 16.4. The number of carboxylic acids is 1. The van der Waals surface area contributed by atoms with Crippen LogP contribution in [0.2, 0.25) is 0 Å². The van der Waals surface area contributed by atoms with Gasteiger partial charge in [0.1, 0.15) is 0 Å². The maximum Gasteiger partial charge on any atom is 0.335 e. The summed E-state index contributed by atoms with van der Waals surface area (Å²) in [7, 11) is 0. The summed E-state index contributed by atoms with van der Waals surface area (Å²) in [6.45, 7) is 1.28. The van der Waals surface area contributed by atoms with Crippen molar-refractivity contribution in [3.8, 4) is 0 Å². The Kier molecular flexibility index (Phi) is 4.52. The van der Waals surface area contributed by atoms with E-state index in [0.29, 0.717) is 19.5 Å². The predicted molar refractivity (Wildman–Crippen MR) is 70.0 cm³/mol. The van der Waals surface area contributed by atoms with E-state index in [2.05, 4.69) is 5.32 Å². The van der Waals surface area contributed by atoms with Crippen LogP contribution >= 0.6 is 0 Å². The molecular weight excluding hydrogens is 246 g/mol. The van der Waals surface area contributed by atoms with Gasteiger partial charge in [0.05, 0.1) is 11.7 Å².